The number of rotatable bonds is 6. The molecule has 3 N–H and O–H groups in total. The minimum absolute atomic E-state index is 0. The zero-order chi connectivity index (χ0) is 17.4. The van der Waals surface area contributed by atoms with Crippen LogP contribution in [0.5, 0.6) is 0 Å². The normalized spacial score (nSPS) is 15.2. The van der Waals surface area contributed by atoms with E-state index in [1.165, 1.54) is 5.56 Å². The van der Waals surface area contributed by atoms with E-state index in [-0.39, 0.29) is 16.1 Å². The lowest BCUT2D eigenvalue weighted by atomic mass is 9.96. The highest BCUT2D eigenvalue weighted by molar-refractivity contribution is 7.80. The molecule has 0 radical (unpaired) electrons. The van der Waals surface area contributed by atoms with E-state index in [9.17, 15) is 4.79 Å². The van der Waals surface area contributed by atoms with Gasteiger partial charge < -0.3 is 20.9 Å². The SMILES string of the molecule is CCc1ccc(NC(=S)N2CCC(C(=O)NCCNC)CC2)cc1.[HH].[HH].[HH]. The van der Waals surface area contributed by atoms with Gasteiger partial charge in [-0.2, -0.15) is 0 Å². The van der Waals surface area contributed by atoms with Crippen LogP contribution in [0.1, 0.15) is 29.6 Å². The van der Waals surface area contributed by atoms with Gasteiger partial charge in [0.25, 0.3) is 0 Å². The lowest BCUT2D eigenvalue weighted by molar-refractivity contribution is -0.126. The molecule has 1 amide bonds. The third kappa shape index (κ3) is 5.46. The maximum Gasteiger partial charge on any atom is 0.223 e. The Morgan fingerprint density at radius 3 is 2.50 bits per heavy atom. The molecule has 0 spiro atoms. The van der Waals surface area contributed by atoms with Crippen LogP contribution in [0, 0.1) is 5.92 Å². The van der Waals surface area contributed by atoms with E-state index in [2.05, 4.69) is 52.0 Å². The lowest BCUT2D eigenvalue weighted by Gasteiger charge is -2.33. The molecule has 0 atom stereocenters. The number of amides is 1. The molecule has 0 aliphatic carbocycles. The summed E-state index contributed by atoms with van der Waals surface area (Å²) in [4.78, 5) is 14.2. The van der Waals surface area contributed by atoms with E-state index >= 15 is 0 Å². The number of likely N-dealkylation sites (tertiary alicyclic amines) is 1. The lowest BCUT2D eigenvalue weighted by Crippen LogP contribution is -2.45. The van der Waals surface area contributed by atoms with Crippen molar-refractivity contribution in [2.45, 2.75) is 26.2 Å². The van der Waals surface area contributed by atoms with E-state index in [4.69, 9.17) is 12.2 Å². The van der Waals surface area contributed by atoms with Crippen LogP contribution >= 0.6 is 12.2 Å². The molecule has 1 saturated heterocycles. The number of carbonyl (C=O) groups is 1. The van der Waals surface area contributed by atoms with Crippen molar-refractivity contribution in [1.29, 1.82) is 0 Å². The first kappa shape index (κ1) is 18.7. The van der Waals surface area contributed by atoms with Crippen molar-refractivity contribution in [1.82, 2.24) is 15.5 Å². The highest BCUT2D eigenvalue weighted by Crippen LogP contribution is 2.19. The summed E-state index contributed by atoms with van der Waals surface area (Å²) in [7, 11) is 1.88. The molecule has 1 aliphatic rings. The van der Waals surface area contributed by atoms with Gasteiger partial charge in [-0.25, -0.2) is 0 Å². The maximum atomic E-state index is 12.1. The molecule has 0 bridgehead atoms. The molecule has 1 aromatic rings. The fraction of sp³-hybridized carbons (Fsp3) is 0.556. The number of piperidine rings is 1. The Balaban J connectivity index is 0. The molecule has 138 valence electrons. The predicted octanol–water partition coefficient (Wildman–Crippen LogP) is 2.73. The van der Waals surface area contributed by atoms with E-state index in [0.717, 1.165) is 49.7 Å². The van der Waals surface area contributed by atoms with Gasteiger partial charge in [0.15, 0.2) is 5.11 Å². The van der Waals surface area contributed by atoms with Crippen LogP contribution in [0.2, 0.25) is 0 Å². The molecular weight excluding hydrogens is 320 g/mol. The second-order valence-electron chi connectivity index (χ2n) is 6.14. The number of hydrogen-bond acceptors (Lipinski definition) is 3. The van der Waals surface area contributed by atoms with Gasteiger partial charge in [0.1, 0.15) is 0 Å². The minimum Gasteiger partial charge on any atom is -0.355 e. The van der Waals surface area contributed by atoms with Gasteiger partial charge in [-0.1, -0.05) is 19.1 Å². The second kappa shape index (κ2) is 9.59. The van der Waals surface area contributed by atoms with Crippen molar-refractivity contribution in [3.8, 4) is 0 Å². The van der Waals surface area contributed by atoms with Crippen LogP contribution in [-0.4, -0.2) is 49.1 Å². The number of thiocarbonyl (C=S) groups is 1. The van der Waals surface area contributed by atoms with E-state index in [1.807, 2.05) is 7.05 Å². The molecule has 6 heteroatoms. The molecular formula is C18H34N4OS. The van der Waals surface area contributed by atoms with Gasteiger partial charge in [0.2, 0.25) is 5.91 Å². The maximum absolute atomic E-state index is 12.1. The summed E-state index contributed by atoms with van der Waals surface area (Å²) < 4.78 is 0. The number of hydrogen-bond donors (Lipinski definition) is 3. The average molecular weight is 355 g/mol. The average Bonchev–Trinajstić information content (AvgIpc) is 2.62. The molecule has 2 rings (SSSR count). The highest BCUT2D eigenvalue weighted by atomic mass is 32.1. The first-order valence-corrected chi connectivity index (χ1v) is 9.12. The fourth-order valence-corrected chi connectivity index (χ4v) is 3.13. The smallest absolute Gasteiger partial charge is 0.223 e. The van der Waals surface area contributed by atoms with Crippen molar-refractivity contribution < 1.29 is 9.07 Å². The summed E-state index contributed by atoms with van der Waals surface area (Å²) in [5, 5.41) is 10.1. The Bertz CT molecular complexity index is 552. The molecule has 1 fully saturated rings. The first-order valence-electron chi connectivity index (χ1n) is 8.71. The minimum atomic E-state index is 0. The second-order valence-corrected chi connectivity index (χ2v) is 6.52. The summed E-state index contributed by atoms with van der Waals surface area (Å²) in [6.45, 7) is 5.27. The Hall–Kier alpha value is -1.66. The number of aryl methyl sites for hydroxylation is 1. The van der Waals surface area contributed by atoms with Crippen molar-refractivity contribution in [2.24, 2.45) is 5.92 Å². The Morgan fingerprint density at radius 2 is 1.92 bits per heavy atom. The van der Waals surface area contributed by atoms with Gasteiger partial charge in [-0.05, 0) is 56.2 Å². The molecule has 24 heavy (non-hydrogen) atoms. The van der Waals surface area contributed by atoms with Crippen LogP contribution in [0.4, 0.5) is 5.69 Å². The van der Waals surface area contributed by atoms with Crippen molar-refractivity contribution in [3.05, 3.63) is 29.8 Å². The fourth-order valence-electron chi connectivity index (χ4n) is 2.83. The Morgan fingerprint density at radius 1 is 1.25 bits per heavy atom. The quantitative estimate of drug-likeness (QED) is 0.542. The molecule has 1 heterocycles. The summed E-state index contributed by atoms with van der Waals surface area (Å²) in [6.07, 6.45) is 2.73. The van der Waals surface area contributed by atoms with E-state index in [0.29, 0.717) is 6.54 Å². The van der Waals surface area contributed by atoms with Gasteiger partial charge in [0.05, 0.1) is 0 Å². The van der Waals surface area contributed by atoms with Crippen LogP contribution in [0.25, 0.3) is 0 Å². The number of benzene rings is 1. The molecule has 5 nitrogen and oxygen atoms in total. The topological polar surface area (TPSA) is 56.4 Å². The highest BCUT2D eigenvalue weighted by Gasteiger charge is 2.25. The van der Waals surface area contributed by atoms with Crippen LogP contribution in [0.15, 0.2) is 24.3 Å². The van der Waals surface area contributed by atoms with Gasteiger partial charge in [0, 0.05) is 42.1 Å². The zero-order valence-corrected chi connectivity index (χ0v) is 15.4. The van der Waals surface area contributed by atoms with Crippen molar-refractivity contribution in [3.63, 3.8) is 0 Å². The third-order valence-electron chi connectivity index (χ3n) is 4.44. The van der Waals surface area contributed by atoms with E-state index in [1.54, 1.807) is 0 Å². The molecule has 0 aromatic heterocycles. The molecule has 0 unspecified atom stereocenters. The van der Waals surface area contributed by atoms with Crippen LogP contribution in [-0.2, 0) is 11.2 Å². The standard InChI is InChI=1S/C18H28N4OS.3H2/c1-3-14-4-6-16(7-5-14)21-18(24)22-12-8-15(9-13-22)17(23)20-11-10-19-2;;;/h4-7,15,19H,3,8-13H2,1-2H3,(H,20,23)(H,21,24);3*1H. The largest absolute Gasteiger partial charge is 0.355 e. The third-order valence-corrected chi connectivity index (χ3v) is 4.80. The van der Waals surface area contributed by atoms with Crippen molar-refractivity contribution >= 4 is 28.9 Å². The number of nitrogens with one attached hydrogen (secondary N) is 3. The van der Waals surface area contributed by atoms with Gasteiger partial charge >= 0.3 is 0 Å². The number of nitrogens with zero attached hydrogens (tertiary/aromatic N) is 1. The van der Waals surface area contributed by atoms with Crippen LogP contribution < -0.4 is 16.0 Å². The number of anilines is 1. The summed E-state index contributed by atoms with van der Waals surface area (Å²) in [5.41, 5.74) is 2.33. The number of likely N-dealkylation sites (N-methyl/N-ethyl adjacent to an activating group) is 1. The summed E-state index contributed by atoms with van der Waals surface area (Å²) in [6, 6.07) is 8.36. The molecule has 1 aliphatic heterocycles. The zero-order valence-electron chi connectivity index (χ0n) is 14.6. The predicted molar refractivity (Wildman–Crippen MR) is 110 cm³/mol. The monoisotopic (exact) mass is 354 g/mol. The van der Waals surface area contributed by atoms with Crippen molar-refractivity contribution in [2.75, 3.05) is 38.5 Å². The summed E-state index contributed by atoms with van der Waals surface area (Å²) >= 11 is 5.51. The van der Waals surface area contributed by atoms with Gasteiger partial charge in [-0.15, -0.1) is 0 Å². The Labute approximate surface area is 154 Å². The van der Waals surface area contributed by atoms with E-state index < -0.39 is 0 Å². The van der Waals surface area contributed by atoms with Crippen LogP contribution in [0.3, 0.4) is 0 Å². The first-order chi connectivity index (χ1) is 11.6. The van der Waals surface area contributed by atoms with Gasteiger partial charge in [-0.3, -0.25) is 4.79 Å². The number of carbonyl (C=O) groups excluding carboxylic acids is 1. The molecule has 0 saturated carbocycles. The Kier molecular flexibility index (Phi) is 7.46. The summed E-state index contributed by atoms with van der Waals surface area (Å²) in [5.74, 6) is 0.267. The molecule has 1 aromatic carbocycles.